The van der Waals surface area contributed by atoms with E-state index in [0.29, 0.717) is 0 Å². The molecule has 2 heteroatoms. The van der Waals surface area contributed by atoms with Gasteiger partial charge in [-0.2, -0.15) is 0 Å². The van der Waals surface area contributed by atoms with Gasteiger partial charge in [0.25, 0.3) is 0 Å². The van der Waals surface area contributed by atoms with Gasteiger partial charge in [0.05, 0.1) is 0 Å². The number of hydrogen-bond donors (Lipinski definition) is 1. The molecule has 2 atom stereocenters. The molecule has 0 amide bonds. The molecule has 1 aromatic rings. The third kappa shape index (κ3) is 2.82. The predicted octanol–water partition coefficient (Wildman–Crippen LogP) is 3.00. The Balaban J connectivity index is 1.83. The number of benzene rings is 1. The van der Waals surface area contributed by atoms with Crippen molar-refractivity contribution in [1.82, 2.24) is 5.32 Å². The molecule has 0 heterocycles. The zero-order valence-electron chi connectivity index (χ0n) is 9.88. The van der Waals surface area contributed by atoms with Gasteiger partial charge in [-0.1, -0.05) is 19.1 Å². The van der Waals surface area contributed by atoms with Gasteiger partial charge in [-0.3, -0.25) is 0 Å². The monoisotopic (exact) mass is 221 g/mol. The molecule has 1 aliphatic carbocycles. The summed E-state index contributed by atoms with van der Waals surface area (Å²) >= 11 is 0. The highest BCUT2D eigenvalue weighted by Gasteiger charge is 2.29. The molecule has 1 aromatic carbocycles. The maximum atomic E-state index is 12.8. The standard InChI is InChI=1S/C14H20FN/c1-2-16-10-13-6-5-12(13)9-11-3-7-14(15)8-4-11/h3-4,7-8,12-13,16H,2,5-6,9-10H2,1H3. The molecule has 0 aliphatic heterocycles. The van der Waals surface area contributed by atoms with E-state index in [-0.39, 0.29) is 5.82 Å². The van der Waals surface area contributed by atoms with E-state index in [2.05, 4.69) is 12.2 Å². The first-order valence-electron chi connectivity index (χ1n) is 6.24. The highest BCUT2D eigenvalue weighted by molar-refractivity contribution is 5.17. The average Bonchev–Trinajstić information content (AvgIpc) is 2.27. The van der Waals surface area contributed by atoms with E-state index in [9.17, 15) is 4.39 Å². The summed E-state index contributed by atoms with van der Waals surface area (Å²) in [5.41, 5.74) is 1.27. The molecule has 1 N–H and O–H groups in total. The van der Waals surface area contributed by atoms with Crippen LogP contribution in [-0.2, 0) is 6.42 Å². The first-order chi connectivity index (χ1) is 7.79. The van der Waals surface area contributed by atoms with Gasteiger partial charge in [0.1, 0.15) is 5.82 Å². The summed E-state index contributed by atoms with van der Waals surface area (Å²) in [4.78, 5) is 0. The van der Waals surface area contributed by atoms with Crippen molar-refractivity contribution in [3.63, 3.8) is 0 Å². The molecule has 1 fully saturated rings. The van der Waals surface area contributed by atoms with E-state index in [1.165, 1.54) is 18.4 Å². The van der Waals surface area contributed by atoms with Gasteiger partial charge in [-0.05, 0) is 61.9 Å². The van der Waals surface area contributed by atoms with Crippen LogP contribution < -0.4 is 5.32 Å². The van der Waals surface area contributed by atoms with Crippen molar-refractivity contribution in [3.05, 3.63) is 35.6 Å². The summed E-state index contributed by atoms with van der Waals surface area (Å²) in [5, 5.41) is 3.42. The molecule has 1 nitrogen and oxygen atoms in total. The van der Waals surface area contributed by atoms with E-state index < -0.39 is 0 Å². The minimum absolute atomic E-state index is 0.137. The Morgan fingerprint density at radius 1 is 1.19 bits per heavy atom. The third-order valence-corrected chi connectivity index (χ3v) is 3.64. The van der Waals surface area contributed by atoms with Crippen LogP contribution in [0.3, 0.4) is 0 Å². The maximum Gasteiger partial charge on any atom is 0.123 e. The van der Waals surface area contributed by atoms with Gasteiger partial charge in [0, 0.05) is 0 Å². The van der Waals surface area contributed by atoms with Gasteiger partial charge >= 0.3 is 0 Å². The van der Waals surface area contributed by atoms with Crippen molar-refractivity contribution in [1.29, 1.82) is 0 Å². The molecule has 0 radical (unpaired) electrons. The van der Waals surface area contributed by atoms with Crippen LogP contribution in [0.2, 0.25) is 0 Å². The van der Waals surface area contributed by atoms with Crippen molar-refractivity contribution < 1.29 is 4.39 Å². The summed E-state index contributed by atoms with van der Waals surface area (Å²) in [5.74, 6) is 1.48. The molecule has 1 saturated carbocycles. The zero-order valence-corrected chi connectivity index (χ0v) is 9.88. The second-order valence-electron chi connectivity index (χ2n) is 4.74. The van der Waals surface area contributed by atoms with Gasteiger partial charge < -0.3 is 5.32 Å². The van der Waals surface area contributed by atoms with Crippen LogP contribution in [-0.4, -0.2) is 13.1 Å². The third-order valence-electron chi connectivity index (χ3n) is 3.64. The molecular weight excluding hydrogens is 201 g/mol. The lowest BCUT2D eigenvalue weighted by Crippen LogP contribution is -2.36. The van der Waals surface area contributed by atoms with E-state index in [1.54, 1.807) is 12.1 Å². The van der Waals surface area contributed by atoms with E-state index in [0.717, 1.165) is 31.3 Å². The van der Waals surface area contributed by atoms with Crippen LogP contribution in [0.4, 0.5) is 4.39 Å². The molecule has 0 saturated heterocycles. The fourth-order valence-electron chi connectivity index (χ4n) is 2.43. The van der Waals surface area contributed by atoms with Gasteiger partial charge in [0.2, 0.25) is 0 Å². The molecule has 1 aliphatic rings. The number of rotatable bonds is 5. The Labute approximate surface area is 97.1 Å². The smallest absolute Gasteiger partial charge is 0.123 e. The summed E-state index contributed by atoms with van der Waals surface area (Å²) in [7, 11) is 0. The first kappa shape index (κ1) is 11.6. The number of halogens is 1. The van der Waals surface area contributed by atoms with Crippen molar-refractivity contribution in [3.8, 4) is 0 Å². The topological polar surface area (TPSA) is 12.0 Å². The SMILES string of the molecule is CCNCC1CCC1Cc1ccc(F)cc1. The number of hydrogen-bond acceptors (Lipinski definition) is 1. The maximum absolute atomic E-state index is 12.8. The lowest BCUT2D eigenvalue weighted by atomic mass is 9.71. The molecule has 2 rings (SSSR count). The fourth-order valence-corrected chi connectivity index (χ4v) is 2.43. The first-order valence-corrected chi connectivity index (χ1v) is 6.24. The van der Waals surface area contributed by atoms with Crippen LogP contribution in [0.15, 0.2) is 24.3 Å². The van der Waals surface area contributed by atoms with Crippen LogP contribution >= 0.6 is 0 Å². The molecule has 0 aromatic heterocycles. The molecule has 0 spiro atoms. The van der Waals surface area contributed by atoms with E-state index >= 15 is 0 Å². The number of nitrogens with one attached hydrogen (secondary N) is 1. The van der Waals surface area contributed by atoms with Crippen LogP contribution in [0.1, 0.15) is 25.3 Å². The normalized spacial score (nSPS) is 24.1. The van der Waals surface area contributed by atoms with Crippen LogP contribution in [0.25, 0.3) is 0 Å². The summed E-state index contributed by atoms with van der Waals surface area (Å²) in [6.45, 7) is 4.34. The van der Waals surface area contributed by atoms with Crippen molar-refractivity contribution in [2.75, 3.05) is 13.1 Å². The highest BCUT2D eigenvalue weighted by atomic mass is 19.1. The Morgan fingerprint density at radius 2 is 1.88 bits per heavy atom. The molecular formula is C14H20FN. The Morgan fingerprint density at radius 3 is 2.44 bits per heavy atom. The highest BCUT2D eigenvalue weighted by Crippen LogP contribution is 2.36. The Kier molecular flexibility index (Phi) is 3.94. The Bertz CT molecular complexity index is 320. The largest absolute Gasteiger partial charge is 0.317 e. The lowest BCUT2D eigenvalue weighted by molar-refractivity contribution is 0.172. The van der Waals surface area contributed by atoms with E-state index in [1.807, 2.05) is 12.1 Å². The van der Waals surface area contributed by atoms with Crippen molar-refractivity contribution in [2.24, 2.45) is 11.8 Å². The summed E-state index contributed by atoms with van der Waals surface area (Å²) in [6, 6.07) is 6.95. The summed E-state index contributed by atoms with van der Waals surface area (Å²) in [6.07, 6.45) is 3.78. The predicted molar refractivity (Wildman–Crippen MR) is 64.9 cm³/mol. The van der Waals surface area contributed by atoms with E-state index in [4.69, 9.17) is 0 Å². The molecule has 2 unspecified atom stereocenters. The summed E-state index contributed by atoms with van der Waals surface area (Å²) < 4.78 is 12.8. The lowest BCUT2D eigenvalue weighted by Gasteiger charge is -2.37. The fraction of sp³-hybridized carbons (Fsp3) is 0.571. The second-order valence-corrected chi connectivity index (χ2v) is 4.74. The minimum atomic E-state index is -0.137. The van der Waals surface area contributed by atoms with Gasteiger partial charge in [0.15, 0.2) is 0 Å². The van der Waals surface area contributed by atoms with Gasteiger partial charge in [-0.15, -0.1) is 0 Å². The average molecular weight is 221 g/mol. The van der Waals surface area contributed by atoms with Crippen molar-refractivity contribution in [2.45, 2.75) is 26.2 Å². The zero-order chi connectivity index (χ0) is 11.4. The Hall–Kier alpha value is -0.890. The van der Waals surface area contributed by atoms with Crippen molar-refractivity contribution >= 4 is 0 Å². The van der Waals surface area contributed by atoms with Crippen LogP contribution in [0.5, 0.6) is 0 Å². The quantitative estimate of drug-likeness (QED) is 0.806. The molecule has 0 bridgehead atoms. The minimum Gasteiger partial charge on any atom is -0.317 e. The molecule has 88 valence electrons. The second kappa shape index (κ2) is 5.44. The molecule has 16 heavy (non-hydrogen) atoms. The van der Waals surface area contributed by atoms with Crippen LogP contribution in [0, 0.1) is 17.7 Å². The van der Waals surface area contributed by atoms with Gasteiger partial charge in [-0.25, -0.2) is 4.39 Å².